The number of amides is 3. The maximum Gasteiger partial charge on any atom is 0.410 e. The monoisotopic (exact) mass is 630 g/mol. The number of ether oxygens (including phenoxy) is 3. The molecule has 0 aromatic heterocycles. The van der Waals surface area contributed by atoms with Crippen LogP contribution >= 0.6 is 0 Å². The molecule has 0 atom stereocenters. The van der Waals surface area contributed by atoms with E-state index in [0.717, 1.165) is 11.3 Å². The van der Waals surface area contributed by atoms with E-state index in [1.807, 2.05) is 63.2 Å². The van der Waals surface area contributed by atoms with Gasteiger partial charge in [-0.05, 0) is 81.8 Å². The number of esters is 1. The van der Waals surface area contributed by atoms with Crippen molar-refractivity contribution >= 4 is 40.9 Å². The minimum absolute atomic E-state index is 0.196. The molecule has 0 bridgehead atoms. The van der Waals surface area contributed by atoms with Crippen molar-refractivity contribution in [3.63, 3.8) is 0 Å². The average molecular weight is 631 g/mol. The minimum atomic E-state index is -0.537. The first-order valence-electron chi connectivity index (χ1n) is 15.3. The van der Waals surface area contributed by atoms with E-state index in [1.165, 1.54) is 4.90 Å². The summed E-state index contributed by atoms with van der Waals surface area (Å²) in [5, 5.41) is 2.87. The Labute approximate surface area is 270 Å². The molecule has 11 nitrogen and oxygen atoms in total. The highest BCUT2D eigenvalue weighted by molar-refractivity contribution is 6.05. The van der Waals surface area contributed by atoms with E-state index in [0.29, 0.717) is 43.1 Å². The molecule has 1 saturated heterocycles. The second kappa shape index (κ2) is 15.9. The molecule has 0 radical (unpaired) electrons. The SMILES string of the molecule is CCOC(=O)CN(C(=O)COCc1ccccc1)c1ccc(NC(=O)c2ccc(N3CCN(C(=O)OC(C)(C)C)CC3)cc2)cc1. The molecule has 3 aromatic carbocycles. The third kappa shape index (κ3) is 10.1. The van der Waals surface area contributed by atoms with Crippen molar-refractivity contribution in [2.24, 2.45) is 0 Å². The van der Waals surface area contributed by atoms with Crippen LogP contribution in [0.15, 0.2) is 78.9 Å². The number of hydrogen-bond acceptors (Lipinski definition) is 8. The Morgan fingerprint density at radius 2 is 1.50 bits per heavy atom. The molecule has 4 rings (SSSR count). The Bertz CT molecular complexity index is 1460. The summed E-state index contributed by atoms with van der Waals surface area (Å²) >= 11 is 0. The van der Waals surface area contributed by atoms with Gasteiger partial charge in [0.25, 0.3) is 11.8 Å². The largest absolute Gasteiger partial charge is 0.465 e. The molecular formula is C35H42N4O7. The molecule has 1 N–H and O–H groups in total. The summed E-state index contributed by atoms with van der Waals surface area (Å²) in [6.45, 7) is 9.65. The third-order valence-electron chi connectivity index (χ3n) is 7.09. The molecule has 0 unspecified atom stereocenters. The summed E-state index contributed by atoms with van der Waals surface area (Å²) in [6, 6.07) is 23.4. The smallest absolute Gasteiger partial charge is 0.410 e. The number of nitrogens with zero attached hydrogens (tertiary/aromatic N) is 3. The summed E-state index contributed by atoms with van der Waals surface area (Å²) < 4.78 is 16.1. The van der Waals surface area contributed by atoms with Gasteiger partial charge in [-0.3, -0.25) is 19.3 Å². The van der Waals surface area contributed by atoms with E-state index in [9.17, 15) is 19.2 Å². The fourth-order valence-corrected chi connectivity index (χ4v) is 4.79. The van der Waals surface area contributed by atoms with Crippen LogP contribution in [0.5, 0.6) is 0 Å². The Kier molecular flexibility index (Phi) is 11.7. The van der Waals surface area contributed by atoms with Crippen LogP contribution in [0, 0.1) is 0 Å². The summed E-state index contributed by atoms with van der Waals surface area (Å²) in [5.74, 6) is -1.22. The van der Waals surface area contributed by atoms with Gasteiger partial charge in [0.2, 0.25) is 0 Å². The minimum Gasteiger partial charge on any atom is -0.465 e. The van der Waals surface area contributed by atoms with Gasteiger partial charge in [0.05, 0.1) is 13.2 Å². The van der Waals surface area contributed by atoms with E-state index in [2.05, 4.69) is 10.2 Å². The first kappa shape index (κ1) is 34.0. The lowest BCUT2D eigenvalue weighted by molar-refractivity contribution is -0.142. The van der Waals surface area contributed by atoms with Gasteiger partial charge in [-0.2, -0.15) is 0 Å². The molecule has 244 valence electrons. The quantitative estimate of drug-likeness (QED) is 0.291. The van der Waals surface area contributed by atoms with Crippen LogP contribution < -0.4 is 15.1 Å². The Hall–Kier alpha value is -4.90. The van der Waals surface area contributed by atoms with E-state index < -0.39 is 17.5 Å². The van der Waals surface area contributed by atoms with Crippen molar-refractivity contribution < 1.29 is 33.4 Å². The number of nitrogens with one attached hydrogen (secondary N) is 1. The van der Waals surface area contributed by atoms with Crippen LogP contribution in [0.1, 0.15) is 43.6 Å². The van der Waals surface area contributed by atoms with Crippen molar-refractivity contribution in [2.75, 3.05) is 61.1 Å². The maximum absolute atomic E-state index is 13.1. The summed E-state index contributed by atoms with van der Waals surface area (Å²) in [4.78, 5) is 55.9. The van der Waals surface area contributed by atoms with Crippen molar-refractivity contribution in [3.8, 4) is 0 Å². The topological polar surface area (TPSA) is 118 Å². The first-order valence-corrected chi connectivity index (χ1v) is 15.3. The van der Waals surface area contributed by atoms with Gasteiger partial charge < -0.3 is 29.3 Å². The van der Waals surface area contributed by atoms with Crippen LogP contribution in [0.3, 0.4) is 0 Å². The molecule has 1 fully saturated rings. The summed E-state index contributed by atoms with van der Waals surface area (Å²) in [7, 11) is 0. The Morgan fingerprint density at radius 1 is 0.848 bits per heavy atom. The second-order valence-electron chi connectivity index (χ2n) is 11.8. The molecule has 3 aromatic rings. The normalized spacial score (nSPS) is 13.1. The first-order chi connectivity index (χ1) is 22.0. The van der Waals surface area contributed by atoms with E-state index in [4.69, 9.17) is 14.2 Å². The lowest BCUT2D eigenvalue weighted by atomic mass is 10.1. The number of piperazine rings is 1. The van der Waals surface area contributed by atoms with E-state index in [-0.39, 0.29) is 38.4 Å². The zero-order valence-electron chi connectivity index (χ0n) is 26.9. The molecule has 1 aliphatic rings. The highest BCUT2D eigenvalue weighted by Crippen LogP contribution is 2.22. The van der Waals surface area contributed by atoms with Gasteiger partial charge in [0, 0.05) is 48.8 Å². The molecule has 1 aliphatic heterocycles. The van der Waals surface area contributed by atoms with Crippen molar-refractivity contribution in [2.45, 2.75) is 39.9 Å². The Balaban J connectivity index is 1.32. The van der Waals surface area contributed by atoms with Crippen LogP contribution in [0.2, 0.25) is 0 Å². The maximum atomic E-state index is 13.1. The number of benzene rings is 3. The third-order valence-corrected chi connectivity index (χ3v) is 7.09. The molecular weight excluding hydrogens is 588 g/mol. The second-order valence-corrected chi connectivity index (χ2v) is 11.8. The lowest BCUT2D eigenvalue weighted by Crippen LogP contribution is -2.50. The zero-order valence-corrected chi connectivity index (χ0v) is 26.9. The van der Waals surface area contributed by atoms with E-state index >= 15 is 0 Å². The molecule has 3 amide bonds. The van der Waals surface area contributed by atoms with Crippen molar-refractivity contribution in [1.29, 1.82) is 0 Å². The summed E-state index contributed by atoms with van der Waals surface area (Å²) in [6.07, 6.45) is -0.307. The predicted octanol–water partition coefficient (Wildman–Crippen LogP) is 5.11. The van der Waals surface area contributed by atoms with Crippen molar-refractivity contribution in [3.05, 3.63) is 90.0 Å². The predicted molar refractivity (Wildman–Crippen MR) is 176 cm³/mol. The number of anilines is 3. The Morgan fingerprint density at radius 3 is 2.11 bits per heavy atom. The average Bonchev–Trinajstić information content (AvgIpc) is 3.04. The summed E-state index contributed by atoms with van der Waals surface area (Å²) in [5.41, 5.74) is 2.84. The highest BCUT2D eigenvalue weighted by atomic mass is 16.6. The van der Waals surface area contributed by atoms with Gasteiger partial charge in [-0.25, -0.2) is 4.79 Å². The molecule has 0 spiro atoms. The standard InChI is InChI=1S/C35H42N4O7/c1-5-45-32(41)23-39(31(40)25-44-24-26-9-7-6-8-10-26)30-17-13-28(14-18-30)36-33(42)27-11-15-29(16-12-27)37-19-21-38(22-20-37)34(43)46-35(2,3)4/h6-18H,5,19-25H2,1-4H3,(H,36,42). The number of hydrogen-bond donors (Lipinski definition) is 1. The molecule has 11 heteroatoms. The molecule has 1 heterocycles. The fourth-order valence-electron chi connectivity index (χ4n) is 4.79. The highest BCUT2D eigenvalue weighted by Gasteiger charge is 2.26. The van der Waals surface area contributed by atoms with Crippen LogP contribution in [0.4, 0.5) is 21.9 Å². The number of carbonyl (C=O) groups excluding carboxylic acids is 4. The van der Waals surface area contributed by atoms with Gasteiger partial charge in [-0.15, -0.1) is 0 Å². The van der Waals surface area contributed by atoms with Crippen LogP contribution in [-0.2, 0) is 30.4 Å². The van der Waals surface area contributed by atoms with Gasteiger partial charge in [-0.1, -0.05) is 30.3 Å². The van der Waals surface area contributed by atoms with Gasteiger partial charge in [0.1, 0.15) is 18.8 Å². The van der Waals surface area contributed by atoms with Gasteiger partial charge >= 0.3 is 12.1 Å². The van der Waals surface area contributed by atoms with Crippen molar-refractivity contribution in [1.82, 2.24) is 4.90 Å². The fraction of sp³-hybridized carbons (Fsp3) is 0.371. The van der Waals surface area contributed by atoms with E-state index in [1.54, 1.807) is 48.2 Å². The van der Waals surface area contributed by atoms with Crippen LogP contribution in [0.25, 0.3) is 0 Å². The zero-order chi connectivity index (χ0) is 33.1. The van der Waals surface area contributed by atoms with Crippen LogP contribution in [-0.4, -0.2) is 80.3 Å². The molecule has 46 heavy (non-hydrogen) atoms. The number of carbonyl (C=O) groups is 4. The van der Waals surface area contributed by atoms with Gasteiger partial charge in [0.15, 0.2) is 0 Å². The number of rotatable bonds is 11. The lowest BCUT2D eigenvalue weighted by Gasteiger charge is -2.36. The molecule has 0 aliphatic carbocycles. The molecule has 0 saturated carbocycles.